The molecule has 2 fully saturated rings. The van der Waals surface area contributed by atoms with Crippen LogP contribution < -0.4 is 11.2 Å². The van der Waals surface area contributed by atoms with Crippen LogP contribution in [-0.2, 0) is 16.1 Å². The first-order valence-corrected chi connectivity index (χ1v) is 15.0. The molecule has 222 valence electrons. The van der Waals surface area contributed by atoms with Gasteiger partial charge in [0.1, 0.15) is 33.5 Å². The Morgan fingerprint density at radius 1 is 1.12 bits per heavy atom. The van der Waals surface area contributed by atoms with Crippen molar-refractivity contribution in [2.75, 3.05) is 13.6 Å². The van der Waals surface area contributed by atoms with E-state index >= 15 is 0 Å². The number of nitrogens with zero attached hydrogens (tertiary/aromatic N) is 6. The van der Waals surface area contributed by atoms with Crippen LogP contribution >= 0.6 is 11.3 Å². The van der Waals surface area contributed by atoms with Gasteiger partial charge in [0, 0.05) is 24.7 Å². The quantitative estimate of drug-likeness (QED) is 0.345. The summed E-state index contributed by atoms with van der Waals surface area (Å²) in [4.78, 5) is 44.5. The van der Waals surface area contributed by atoms with Crippen molar-refractivity contribution in [3.8, 4) is 10.8 Å². The lowest BCUT2D eigenvalue weighted by Crippen LogP contribution is -2.45. The Hall–Kier alpha value is -3.84. The molecule has 1 saturated carbocycles. The SMILES string of the molecule is Cc1c(-n2nccn2)sc2c1c(=O)n([C@@H]1CCN(C)C1=O)c(=O)n2C[C@H](OC1CCC(C)CC1)c1cc(F)ccc1O. The summed E-state index contributed by atoms with van der Waals surface area (Å²) in [7, 11) is 1.64. The monoisotopic (exact) mass is 596 g/mol. The Balaban J connectivity index is 1.55. The van der Waals surface area contributed by atoms with Crippen LogP contribution in [0, 0.1) is 18.7 Å². The minimum absolute atomic E-state index is 0.110. The molecule has 13 heteroatoms. The van der Waals surface area contributed by atoms with Crippen molar-refractivity contribution in [1.82, 2.24) is 29.0 Å². The number of ether oxygens (including phenoxy) is 1. The lowest BCUT2D eigenvalue weighted by Gasteiger charge is -2.31. The van der Waals surface area contributed by atoms with E-state index in [1.54, 1.807) is 14.0 Å². The van der Waals surface area contributed by atoms with E-state index in [1.165, 1.54) is 50.1 Å². The van der Waals surface area contributed by atoms with E-state index in [1.807, 2.05) is 0 Å². The van der Waals surface area contributed by atoms with Crippen LogP contribution in [-0.4, -0.2) is 59.7 Å². The second-order valence-electron chi connectivity index (χ2n) is 11.4. The summed E-state index contributed by atoms with van der Waals surface area (Å²) in [5, 5.41) is 20.1. The van der Waals surface area contributed by atoms with E-state index in [-0.39, 0.29) is 35.3 Å². The zero-order valence-corrected chi connectivity index (χ0v) is 24.5. The fraction of sp³-hybridized carbons (Fsp3) is 0.483. The summed E-state index contributed by atoms with van der Waals surface area (Å²) in [5.74, 6) is -0.440. The highest BCUT2D eigenvalue weighted by Gasteiger charge is 2.36. The number of benzene rings is 1. The molecule has 1 aromatic carbocycles. The fourth-order valence-corrected chi connectivity index (χ4v) is 7.32. The third-order valence-electron chi connectivity index (χ3n) is 8.53. The number of phenols is 1. The lowest BCUT2D eigenvalue weighted by atomic mass is 9.88. The average molecular weight is 597 g/mol. The van der Waals surface area contributed by atoms with Gasteiger partial charge >= 0.3 is 5.69 Å². The number of rotatable bonds is 7. The molecule has 3 aromatic heterocycles. The zero-order valence-electron chi connectivity index (χ0n) is 23.7. The smallest absolute Gasteiger partial charge is 0.332 e. The van der Waals surface area contributed by atoms with Gasteiger partial charge in [0.25, 0.3) is 5.56 Å². The number of aryl methyl sites for hydroxylation is 1. The maximum Gasteiger partial charge on any atom is 0.332 e. The van der Waals surface area contributed by atoms with Gasteiger partial charge < -0.3 is 14.7 Å². The van der Waals surface area contributed by atoms with Crippen molar-refractivity contribution in [1.29, 1.82) is 0 Å². The Kier molecular flexibility index (Phi) is 7.48. The molecule has 1 amide bonds. The third kappa shape index (κ3) is 4.94. The largest absolute Gasteiger partial charge is 0.508 e. The summed E-state index contributed by atoms with van der Waals surface area (Å²) in [5.41, 5.74) is -0.432. The number of aromatic hydroxyl groups is 1. The van der Waals surface area contributed by atoms with Crippen LogP contribution in [0.4, 0.5) is 4.39 Å². The number of fused-ring (bicyclic) bond motifs is 1. The van der Waals surface area contributed by atoms with Gasteiger partial charge in [-0.1, -0.05) is 18.3 Å². The number of thiophene rings is 1. The van der Waals surface area contributed by atoms with Gasteiger partial charge in [0.2, 0.25) is 5.91 Å². The van der Waals surface area contributed by atoms with Gasteiger partial charge in [-0.05, 0) is 63.1 Å². The lowest BCUT2D eigenvalue weighted by molar-refractivity contribution is -0.129. The second-order valence-corrected chi connectivity index (χ2v) is 12.4. The molecule has 2 atom stereocenters. The van der Waals surface area contributed by atoms with Gasteiger partial charge in [-0.3, -0.25) is 14.2 Å². The van der Waals surface area contributed by atoms with Crippen molar-refractivity contribution in [3.63, 3.8) is 0 Å². The molecule has 6 rings (SSSR count). The van der Waals surface area contributed by atoms with E-state index in [0.717, 1.165) is 36.3 Å². The van der Waals surface area contributed by atoms with Crippen molar-refractivity contribution < 1.29 is 19.0 Å². The normalized spacial score (nSPS) is 21.9. The number of aromatic nitrogens is 5. The van der Waals surface area contributed by atoms with E-state index in [0.29, 0.717) is 34.3 Å². The fourth-order valence-electron chi connectivity index (χ4n) is 6.11. The summed E-state index contributed by atoms with van der Waals surface area (Å²) < 4.78 is 23.5. The molecule has 4 aromatic rings. The molecule has 0 unspecified atom stereocenters. The van der Waals surface area contributed by atoms with Gasteiger partial charge in [0.15, 0.2) is 0 Å². The van der Waals surface area contributed by atoms with Gasteiger partial charge in [0.05, 0.1) is 30.4 Å². The van der Waals surface area contributed by atoms with Crippen LogP contribution in [0.2, 0.25) is 0 Å². The third-order valence-corrected chi connectivity index (χ3v) is 9.81. The predicted octanol–water partition coefficient (Wildman–Crippen LogP) is 3.70. The van der Waals surface area contributed by atoms with Crippen LogP contribution in [0.3, 0.4) is 0 Å². The number of halogens is 1. The van der Waals surface area contributed by atoms with E-state index in [9.17, 15) is 23.9 Å². The molecule has 0 bridgehead atoms. The molecule has 1 aliphatic heterocycles. The average Bonchev–Trinajstić information content (AvgIpc) is 3.69. The van der Waals surface area contributed by atoms with E-state index < -0.39 is 29.2 Å². The molecule has 0 spiro atoms. The highest BCUT2D eigenvalue weighted by molar-refractivity contribution is 7.21. The molecule has 1 N–H and O–H groups in total. The molecular formula is C29H33FN6O5S. The first kappa shape index (κ1) is 28.3. The maximum atomic E-state index is 14.5. The number of hydrogen-bond acceptors (Lipinski definition) is 8. The van der Waals surface area contributed by atoms with Crippen molar-refractivity contribution in [2.45, 2.75) is 70.7 Å². The minimum Gasteiger partial charge on any atom is -0.508 e. The maximum absolute atomic E-state index is 14.5. The Bertz CT molecular complexity index is 1750. The highest BCUT2D eigenvalue weighted by atomic mass is 32.1. The summed E-state index contributed by atoms with van der Waals surface area (Å²) in [6.45, 7) is 4.26. The predicted molar refractivity (Wildman–Crippen MR) is 155 cm³/mol. The number of likely N-dealkylation sites (N-methyl/N-ethyl adjacent to an activating group) is 1. The minimum atomic E-state index is -0.946. The molecular weight excluding hydrogens is 563 g/mol. The summed E-state index contributed by atoms with van der Waals surface area (Å²) in [6.07, 6.45) is 5.85. The molecule has 11 nitrogen and oxygen atoms in total. The topological polar surface area (TPSA) is 124 Å². The van der Waals surface area contributed by atoms with Crippen LogP contribution in [0.15, 0.2) is 40.2 Å². The molecule has 2 aliphatic rings. The van der Waals surface area contributed by atoms with Crippen molar-refractivity contribution in [3.05, 3.63) is 68.4 Å². The van der Waals surface area contributed by atoms with E-state index in [4.69, 9.17) is 4.74 Å². The number of carbonyl (C=O) groups is 1. The molecule has 42 heavy (non-hydrogen) atoms. The standard InChI is InChI=1S/C29H33FN6O5S/c1-16-4-7-19(8-5-16)41-23(20-14-18(30)6-9-22(20)37)15-34-28-24(17(2)27(42-28)36-31-11-12-32-36)26(39)35(29(34)40)21-10-13-33(3)25(21)38/h6,9,11-12,14,16,19,21,23,37H,4-5,7-8,10,13,15H2,1-3H3/t16?,19?,21-,23+/m1/s1. The molecule has 1 aliphatic carbocycles. The number of phenolic OH excluding ortho intramolecular Hbond substituents is 1. The summed E-state index contributed by atoms with van der Waals surface area (Å²) >= 11 is 1.18. The van der Waals surface area contributed by atoms with Crippen LogP contribution in [0.5, 0.6) is 5.75 Å². The molecule has 0 radical (unpaired) electrons. The Labute approximate surface area is 244 Å². The van der Waals surface area contributed by atoms with Gasteiger partial charge in [-0.15, -0.1) is 4.80 Å². The highest BCUT2D eigenvalue weighted by Crippen LogP contribution is 2.36. The van der Waals surface area contributed by atoms with Crippen molar-refractivity contribution in [2.24, 2.45) is 5.92 Å². The molecule has 4 heterocycles. The number of carbonyl (C=O) groups excluding carboxylic acids is 1. The number of likely N-dealkylation sites (tertiary alicyclic amines) is 1. The second kappa shape index (κ2) is 11.1. The van der Waals surface area contributed by atoms with Gasteiger partial charge in [-0.2, -0.15) is 10.2 Å². The van der Waals surface area contributed by atoms with E-state index in [2.05, 4.69) is 17.1 Å². The first-order chi connectivity index (χ1) is 20.1. The first-order valence-electron chi connectivity index (χ1n) is 14.2. The Morgan fingerprint density at radius 3 is 2.50 bits per heavy atom. The summed E-state index contributed by atoms with van der Waals surface area (Å²) in [6, 6.07) is 2.71. The zero-order chi connectivity index (χ0) is 29.7. The number of hydrogen-bond donors (Lipinski definition) is 1. The van der Waals surface area contributed by atoms with Crippen molar-refractivity contribution >= 4 is 27.5 Å². The number of amides is 1. The van der Waals surface area contributed by atoms with Crippen LogP contribution in [0.25, 0.3) is 15.2 Å². The van der Waals surface area contributed by atoms with Gasteiger partial charge in [-0.25, -0.2) is 13.8 Å². The molecule has 1 saturated heterocycles. The van der Waals surface area contributed by atoms with Crippen LogP contribution in [0.1, 0.15) is 62.3 Å². The Morgan fingerprint density at radius 2 is 1.83 bits per heavy atom.